The standard InChI is InChI=1S/C14H18Cl3N/c1-9(10-5-3-2-4-6-10)18-14-12(16)7-11(15)8-13(14)17/h7-10,18H,2-6H2,1H3. The van der Waals surface area contributed by atoms with Gasteiger partial charge in [0.1, 0.15) is 0 Å². The fourth-order valence-corrected chi connectivity index (χ4v) is 3.59. The zero-order valence-electron chi connectivity index (χ0n) is 10.5. The number of rotatable bonds is 3. The molecular formula is C14H18Cl3N. The molecule has 1 fully saturated rings. The van der Waals surface area contributed by atoms with Gasteiger partial charge >= 0.3 is 0 Å². The summed E-state index contributed by atoms with van der Waals surface area (Å²) < 4.78 is 0. The van der Waals surface area contributed by atoms with E-state index in [-0.39, 0.29) is 0 Å². The lowest BCUT2D eigenvalue weighted by atomic mass is 9.84. The van der Waals surface area contributed by atoms with Crippen LogP contribution in [-0.4, -0.2) is 6.04 Å². The number of benzene rings is 1. The van der Waals surface area contributed by atoms with Gasteiger partial charge in [0.05, 0.1) is 15.7 Å². The van der Waals surface area contributed by atoms with Crippen molar-refractivity contribution in [3.8, 4) is 0 Å². The zero-order chi connectivity index (χ0) is 13.1. The van der Waals surface area contributed by atoms with Crippen LogP contribution in [0, 0.1) is 5.92 Å². The first-order valence-corrected chi connectivity index (χ1v) is 7.62. The molecule has 0 radical (unpaired) electrons. The minimum Gasteiger partial charge on any atom is -0.380 e. The third-order valence-electron chi connectivity index (χ3n) is 3.74. The van der Waals surface area contributed by atoms with Gasteiger partial charge < -0.3 is 5.32 Å². The van der Waals surface area contributed by atoms with Crippen LogP contribution < -0.4 is 5.32 Å². The number of hydrogen-bond acceptors (Lipinski definition) is 1. The second-order valence-electron chi connectivity index (χ2n) is 5.08. The monoisotopic (exact) mass is 305 g/mol. The fraction of sp³-hybridized carbons (Fsp3) is 0.571. The summed E-state index contributed by atoms with van der Waals surface area (Å²) in [5, 5.41) is 5.21. The molecule has 0 aromatic heterocycles. The molecule has 1 atom stereocenters. The van der Waals surface area contributed by atoms with Crippen LogP contribution in [0.25, 0.3) is 0 Å². The maximum absolute atomic E-state index is 6.19. The summed E-state index contributed by atoms with van der Waals surface area (Å²) in [7, 11) is 0. The maximum atomic E-state index is 6.19. The van der Waals surface area contributed by atoms with E-state index >= 15 is 0 Å². The van der Waals surface area contributed by atoms with Gasteiger partial charge in [-0.2, -0.15) is 0 Å². The van der Waals surface area contributed by atoms with E-state index in [1.807, 2.05) is 0 Å². The van der Waals surface area contributed by atoms with E-state index in [4.69, 9.17) is 34.8 Å². The Kier molecular flexibility index (Phi) is 5.06. The minimum absolute atomic E-state index is 0.390. The van der Waals surface area contributed by atoms with Crippen LogP contribution >= 0.6 is 34.8 Å². The van der Waals surface area contributed by atoms with Gasteiger partial charge in [-0.25, -0.2) is 0 Å². The summed E-state index contributed by atoms with van der Waals surface area (Å²) in [6, 6.07) is 3.84. The Morgan fingerprint density at radius 1 is 1.06 bits per heavy atom. The van der Waals surface area contributed by atoms with E-state index in [9.17, 15) is 0 Å². The molecule has 0 spiro atoms. The lowest BCUT2D eigenvalue weighted by molar-refractivity contribution is 0.328. The topological polar surface area (TPSA) is 12.0 Å². The molecule has 1 unspecified atom stereocenters. The van der Waals surface area contributed by atoms with Gasteiger partial charge in [-0.05, 0) is 37.8 Å². The van der Waals surface area contributed by atoms with Gasteiger partial charge in [-0.3, -0.25) is 0 Å². The van der Waals surface area contributed by atoms with Crippen molar-refractivity contribution in [1.82, 2.24) is 0 Å². The lowest BCUT2D eigenvalue weighted by Crippen LogP contribution is -2.27. The van der Waals surface area contributed by atoms with Gasteiger partial charge in [0, 0.05) is 11.1 Å². The van der Waals surface area contributed by atoms with E-state index in [2.05, 4.69) is 12.2 Å². The van der Waals surface area contributed by atoms with E-state index in [0.29, 0.717) is 27.0 Å². The molecule has 0 heterocycles. The molecule has 1 nitrogen and oxygen atoms in total. The highest BCUT2D eigenvalue weighted by Crippen LogP contribution is 2.36. The SMILES string of the molecule is CC(Nc1c(Cl)cc(Cl)cc1Cl)C1CCCCC1. The zero-order valence-corrected chi connectivity index (χ0v) is 12.7. The Hall–Kier alpha value is -0.110. The van der Waals surface area contributed by atoms with Crippen molar-refractivity contribution >= 4 is 40.5 Å². The number of halogens is 3. The quantitative estimate of drug-likeness (QED) is 0.719. The highest BCUT2D eigenvalue weighted by Gasteiger charge is 2.21. The molecule has 1 aromatic rings. The van der Waals surface area contributed by atoms with E-state index in [0.717, 1.165) is 5.69 Å². The molecule has 0 amide bonds. The Labute approximate surface area is 124 Å². The van der Waals surface area contributed by atoms with Crippen LogP contribution in [0.5, 0.6) is 0 Å². The Morgan fingerprint density at radius 2 is 1.61 bits per heavy atom. The van der Waals surface area contributed by atoms with Crippen molar-refractivity contribution in [2.24, 2.45) is 5.92 Å². The smallest absolute Gasteiger partial charge is 0.0722 e. The predicted molar refractivity (Wildman–Crippen MR) is 81.1 cm³/mol. The van der Waals surface area contributed by atoms with Crippen LogP contribution in [0.1, 0.15) is 39.0 Å². The molecule has 1 saturated carbocycles. The predicted octanol–water partition coefficient (Wildman–Crippen LogP) is 6.03. The van der Waals surface area contributed by atoms with Gasteiger partial charge in [-0.1, -0.05) is 54.1 Å². The summed E-state index contributed by atoms with van der Waals surface area (Å²) in [5.41, 5.74) is 0.806. The van der Waals surface area contributed by atoms with Gasteiger partial charge in [0.2, 0.25) is 0 Å². The molecule has 1 aliphatic carbocycles. The van der Waals surface area contributed by atoms with Crippen LogP contribution in [-0.2, 0) is 0 Å². The molecule has 0 aliphatic heterocycles. The van der Waals surface area contributed by atoms with E-state index in [1.54, 1.807) is 12.1 Å². The van der Waals surface area contributed by atoms with Crippen LogP contribution in [0.3, 0.4) is 0 Å². The van der Waals surface area contributed by atoms with E-state index < -0.39 is 0 Å². The Morgan fingerprint density at radius 3 is 2.17 bits per heavy atom. The van der Waals surface area contributed by atoms with E-state index in [1.165, 1.54) is 32.1 Å². The van der Waals surface area contributed by atoms with Crippen LogP contribution in [0.4, 0.5) is 5.69 Å². The number of anilines is 1. The van der Waals surface area contributed by atoms with Crippen LogP contribution in [0.15, 0.2) is 12.1 Å². The molecule has 2 rings (SSSR count). The van der Waals surface area contributed by atoms with Crippen LogP contribution in [0.2, 0.25) is 15.1 Å². The maximum Gasteiger partial charge on any atom is 0.0722 e. The third kappa shape index (κ3) is 3.46. The molecule has 100 valence electrons. The van der Waals surface area contributed by atoms with Crippen molar-refractivity contribution in [3.63, 3.8) is 0 Å². The molecule has 0 saturated heterocycles. The van der Waals surface area contributed by atoms with Gasteiger partial charge in [-0.15, -0.1) is 0 Å². The second-order valence-corrected chi connectivity index (χ2v) is 6.33. The fourth-order valence-electron chi connectivity index (χ4n) is 2.66. The Balaban J connectivity index is 2.08. The highest BCUT2D eigenvalue weighted by molar-refractivity contribution is 6.41. The lowest BCUT2D eigenvalue weighted by Gasteiger charge is -2.29. The summed E-state index contributed by atoms with van der Waals surface area (Å²) in [5.74, 6) is 0.710. The summed E-state index contributed by atoms with van der Waals surface area (Å²) in [4.78, 5) is 0. The molecule has 4 heteroatoms. The number of nitrogens with one attached hydrogen (secondary N) is 1. The average Bonchev–Trinajstić information content (AvgIpc) is 2.34. The minimum atomic E-state index is 0.390. The third-order valence-corrected chi connectivity index (χ3v) is 4.55. The molecule has 0 bridgehead atoms. The second kappa shape index (κ2) is 6.36. The normalized spacial score (nSPS) is 18.7. The summed E-state index contributed by atoms with van der Waals surface area (Å²) in [6.45, 7) is 2.21. The first kappa shape index (κ1) is 14.3. The van der Waals surface area contributed by atoms with Crippen molar-refractivity contribution < 1.29 is 0 Å². The van der Waals surface area contributed by atoms with Gasteiger partial charge in [0.25, 0.3) is 0 Å². The summed E-state index contributed by atoms with van der Waals surface area (Å²) in [6.07, 6.45) is 6.61. The Bertz CT molecular complexity index is 390. The first-order valence-electron chi connectivity index (χ1n) is 6.49. The molecule has 1 N–H and O–H groups in total. The summed E-state index contributed by atoms with van der Waals surface area (Å²) >= 11 is 18.3. The van der Waals surface area contributed by atoms with Crippen molar-refractivity contribution in [2.45, 2.75) is 45.1 Å². The van der Waals surface area contributed by atoms with Crippen molar-refractivity contribution in [3.05, 3.63) is 27.2 Å². The van der Waals surface area contributed by atoms with Crippen molar-refractivity contribution in [1.29, 1.82) is 0 Å². The molecule has 1 aliphatic rings. The average molecular weight is 307 g/mol. The first-order chi connectivity index (χ1) is 8.58. The molecular weight excluding hydrogens is 289 g/mol. The van der Waals surface area contributed by atoms with Crippen molar-refractivity contribution in [2.75, 3.05) is 5.32 Å². The largest absolute Gasteiger partial charge is 0.380 e. The molecule has 1 aromatic carbocycles. The highest BCUT2D eigenvalue weighted by atomic mass is 35.5. The molecule has 18 heavy (non-hydrogen) atoms. The van der Waals surface area contributed by atoms with Gasteiger partial charge in [0.15, 0.2) is 0 Å². The number of hydrogen-bond donors (Lipinski definition) is 1.